The molecule has 4 rings (SSSR count). The number of hydrogen-bond donors (Lipinski definition) is 1. The summed E-state index contributed by atoms with van der Waals surface area (Å²) in [7, 11) is 2.17. The molecule has 148 valence electrons. The van der Waals surface area contributed by atoms with Gasteiger partial charge in [0.05, 0.1) is 0 Å². The quantitative estimate of drug-likeness (QED) is 0.878. The number of carbonyl (C=O) groups is 1. The van der Waals surface area contributed by atoms with Gasteiger partial charge in [0.2, 0.25) is 0 Å². The van der Waals surface area contributed by atoms with Gasteiger partial charge >= 0.3 is 0 Å². The lowest BCUT2D eigenvalue weighted by Gasteiger charge is -2.32. The summed E-state index contributed by atoms with van der Waals surface area (Å²) in [6, 6.07) is 8.21. The van der Waals surface area contributed by atoms with Crippen molar-refractivity contribution in [3.8, 4) is 0 Å². The van der Waals surface area contributed by atoms with Gasteiger partial charge in [0, 0.05) is 56.2 Å². The monoisotopic (exact) mass is 379 g/mol. The smallest absolute Gasteiger partial charge is 0.251 e. The third-order valence-electron chi connectivity index (χ3n) is 5.82. The van der Waals surface area contributed by atoms with Gasteiger partial charge in [0.1, 0.15) is 5.82 Å². The zero-order valence-corrected chi connectivity index (χ0v) is 16.8. The van der Waals surface area contributed by atoms with E-state index in [-0.39, 0.29) is 11.9 Å². The number of carbonyl (C=O) groups excluding carboxylic acids is 1. The molecular weight excluding hydrogens is 350 g/mol. The predicted molar refractivity (Wildman–Crippen MR) is 109 cm³/mol. The van der Waals surface area contributed by atoms with Crippen LogP contribution >= 0.6 is 0 Å². The van der Waals surface area contributed by atoms with Crippen molar-refractivity contribution < 1.29 is 4.79 Å². The van der Waals surface area contributed by atoms with Gasteiger partial charge in [-0.25, -0.2) is 9.97 Å². The molecule has 6 nitrogen and oxygen atoms in total. The van der Waals surface area contributed by atoms with Crippen molar-refractivity contribution in [3.63, 3.8) is 0 Å². The third-order valence-corrected chi connectivity index (χ3v) is 5.82. The van der Waals surface area contributed by atoms with Crippen molar-refractivity contribution in [1.29, 1.82) is 0 Å². The Labute approximate surface area is 167 Å². The Morgan fingerprint density at radius 3 is 2.68 bits per heavy atom. The fourth-order valence-electron chi connectivity index (χ4n) is 4.02. The Bertz CT molecular complexity index is 827. The molecule has 2 heterocycles. The van der Waals surface area contributed by atoms with E-state index in [0.717, 1.165) is 74.6 Å². The van der Waals surface area contributed by atoms with Crippen LogP contribution in [0.4, 0.5) is 0 Å². The molecule has 1 fully saturated rings. The number of aromatic nitrogens is 2. The van der Waals surface area contributed by atoms with Crippen LogP contribution in [0.5, 0.6) is 0 Å². The third kappa shape index (κ3) is 4.56. The summed E-state index contributed by atoms with van der Waals surface area (Å²) in [5, 5.41) is 3.19. The van der Waals surface area contributed by atoms with Crippen LogP contribution in [0, 0.1) is 6.92 Å². The van der Waals surface area contributed by atoms with Crippen LogP contribution in [0.1, 0.15) is 39.4 Å². The highest BCUT2D eigenvalue weighted by atomic mass is 16.1. The number of nitrogens with one attached hydrogen (secondary N) is 1. The molecule has 1 aliphatic heterocycles. The van der Waals surface area contributed by atoms with Crippen molar-refractivity contribution >= 4 is 5.91 Å². The molecule has 0 bridgehead atoms. The molecule has 1 aromatic heterocycles. The van der Waals surface area contributed by atoms with E-state index in [1.807, 2.05) is 25.3 Å². The van der Waals surface area contributed by atoms with Gasteiger partial charge < -0.3 is 10.2 Å². The first-order chi connectivity index (χ1) is 13.6. The van der Waals surface area contributed by atoms with Crippen molar-refractivity contribution in [2.24, 2.45) is 0 Å². The van der Waals surface area contributed by atoms with Gasteiger partial charge in [0.25, 0.3) is 5.91 Å². The summed E-state index contributed by atoms with van der Waals surface area (Å²) in [5.74, 6) is 0.825. The van der Waals surface area contributed by atoms with E-state index in [2.05, 4.69) is 44.3 Å². The topological polar surface area (TPSA) is 61.4 Å². The van der Waals surface area contributed by atoms with Crippen molar-refractivity contribution in [1.82, 2.24) is 25.1 Å². The van der Waals surface area contributed by atoms with Crippen LogP contribution < -0.4 is 5.32 Å². The van der Waals surface area contributed by atoms with E-state index in [1.165, 1.54) is 5.56 Å². The molecule has 1 unspecified atom stereocenters. The van der Waals surface area contributed by atoms with Crippen LogP contribution in [0.15, 0.2) is 30.5 Å². The molecule has 0 saturated carbocycles. The maximum absolute atomic E-state index is 12.7. The number of benzene rings is 1. The minimum atomic E-state index is 0.00706. The number of piperazine rings is 1. The molecule has 1 aliphatic carbocycles. The zero-order valence-electron chi connectivity index (χ0n) is 16.8. The van der Waals surface area contributed by atoms with Crippen molar-refractivity contribution in [3.05, 3.63) is 58.7 Å². The van der Waals surface area contributed by atoms with Crippen LogP contribution in [0.2, 0.25) is 0 Å². The zero-order chi connectivity index (χ0) is 19.5. The first kappa shape index (κ1) is 19.0. The molecule has 1 amide bonds. The number of nitrogens with zero attached hydrogens (tertiary/aromatic N) is 4. The van der Waals surface area contributed by atoms with E-state index in [4.69, 9.17) is 0 Å². The molecule has 28 heavy (non-hydrogen) atoms. The number of amides is 1. The fourth-order valence-corrected chi connectivity index (χ4v) is 4.02. The highest BCUT2D eigenvalue weighted by molar-refractivity contribution is 5.94. The molecule has 0 spiro atoms. The predicted octanol–water partition coefficient (Wildman–Crippen LogP) is 1.82. The number of hydrogen-bond acceptors (Lipinski definition) is 5. The Kier molecular flexibility index (Phi) is 5.69. The lowest BCUT2D eigenvalue weighted by molar-refractivity contribution is 0.0933. The summed E-state index contributed by atoms with van der Waals surface area (Å²) in [6.45, 7) is 7.32. The second-order valence-corrected chi connectivity index (χ2v) is 8.08. The summed E-state index contributed by atoms with van der Waals surface area (Å²) in [5.41, 5.74) is 4.28. The number of rotatable bonds is 4. The Balaban J connectivity index is 1.32. The maximum Gasteiger partial charge on any atom is 0.251 e. The van der Waals surface area contributed by atoms with Crippen molar-refractivity contribution in [2.75, 3.05) is 33.2 Å². The molecule has 1 N–H and O–H groups in total. The largest absolute Gasteiger partial charge is 0.349 e. The molecule has 0 radical (unpaired) electrons. The molecule has 2 aliphatic rings. The lowest BCUT2D eigenvalue weighted by atomic mass is 9.92. The van der Waals surface area contributed by atoms with Gasteiger partial charge in [-0.15, -0.1) is 0 Å². The Morgan fingerprint density at radius 1 is 1.18 bits per heavy atom. The standard InChI is InChI=1S/C22H29N5O/c1-16-23-14-19-13-20(7-8-21(19)24-16)25-22(28)18-5-3-17(4-6-18)15-27-11-9-26(2)10-12-27/h3-6,14,20H,7-13,15H2,1-2H3,(H,25,28). The molecule has 1 aromatic carbocycles. The molecular formula is C22H29N5O. The Morgan fingerprint density at radius 2 is 1.93 bits per heavy atom. The van der Waals surface area contributed by atoms with Gasteiger partial charge in [0.15, 0.2) is 0 Å². The average Bonchev–Trinajstić information content (AvgIpc) is 2.70. The first-order valence-electron chi connectivity index (χ1n) is 10.2. The summed E-state index contributed by atoms with van der Waals surface area (Å²) < 4.78 is 0. The van der Waals surface area contributed by atoms with Crippen LogP contribution in [0.3, 0.4) is 0 Å². The van der Waals surface area contributed by atoms with E-state index in [0.29, 0.717) is 0 Å². The van der Waals surface area contributed by atoms with Crippen LogP contribution in [-0.4, -0.2) is 64.9 Å². The van der Waals surface area contributed by atoms with Crippen LogP contribution in [-0.2, 0) is 19.4 Å². The van der Waals surface area contributed by atoms with E-state index >= 15 is 0 Å². The molecule has 6 heteroatoms. The maximum atomic E-state index is 12.7. The van der Waals surface area contributed by atoms with Gasteiger partial charge in [-0.1, -0.05) is 12.1 Å². The lowest BCUT2D eigenvalue weighted by Crippen LogP contribution is -2.43. The van der Waals surface area contributed by atoms with Gasteiger partial charge in [-0.2, -0.15) is 0 Å². The number of fused-ring (bicyclic) bond motifs is 1. The first-order valence-corrected chi connectivity index (χ1v) is 10.2. The van der Waals surface area contributed by atoms with E-state index in [9.17, 15) is 4.79 Å². The minimum absolute atomic E-state index is 0.00706. The summed E-state index contributed by atoms with van der Waals surface area (Å²) in [4.78, 5) is 26.3. The summed E-state index contributed by atoms with van der Waals surface area (Å²) in [6.07, 6.45) is 4.54. The number of aryl methyl sites for hydroxylation is 2. The Hall–Kier alpha value is -2.31. The highest BCUT2D eigenvalue weighted by Crippen LogP contribution is 2.19. The van der Waals surface area contributed by atoms with Crippen LogP contribution in [0.25, 0.3) is 0 Å². The average molecular weight is 380 g/mol. The normalized spacial score (nSPS) is 20.6. The SMILES string of the molecule is Cc1ncc2c(n1)CCC(NC(=O)c1ccc(CN3CCN(C)CC3)cc1)C2. The molecule has 1 atom stereocenters. The molecule has 1 saturated heterocycles. The molecule has 2 aromatic rings. The minimum Gasteiger partial charge on any atom is -0.349 e. The van der Waals surface area contributed by atoms with Gasteiger partial charge in [-0.3, -0.25) is 9.69 Å². The van der Waals surface area contributed by atoms with Crippen molar-refractivity contribution in [2.45, 2.75) is 38.8 Å². The van der Waals surface area contributed by atoms with E-state index in [1.54, 1.807) is 0 Å². The van der Waals surface area contributed by atoms with E-state index < -0.39 is 0 Å². The summed E-state index contributed by atoms with van der Waals surface area (Å²) >= 11 is 0. The highest BCUT2D eigenvalue weighted by Gasteiger charge is 2.22. The number of likely N-dealkylation sites (N-methyl/N-ethyl adjacent to an activating group) is 1. The van der Waals surface area contributed by atoms with Gasteiger partial charge in [-0.05, 0) is 56.5 Å². The second kappa shape index (κ2) is 8.37. The fraction of sp³-hybridized carbons (Fsp3) is 0.500. The second-order valence-electron chi connectivity index (χ2n) is 8.08.